The summed E-state index contributed by atoms with van der Waals surface area (Å²) in [5.74, 6) is -1.07. The van der Waals surface area contributed by atoms with E-state index >= 15 is 13.6 Å². The molecule has 1 N–H and O–H groups in total. The fourth-order valence-corrected chi connectivity index (χ4v) is 10.4. The Hall–Kier alpha value is -7.73. The molecule has 1 saturated heterocycles. The SMILES string of the molecule is Cc1cc(-n2nc3c(c2-n2ccn(-c4ccc5c(cnn5[C@@H]5CCOC5)c4)c2=O)[C@H](C)N(C(=O)c2cc4cc(-c5ccnc(C)c5F)ccc4n2C2(c4noc(=O)[nH]4)CC2)CC3)cc(C)c1F. The average Bonchev–Trinajstić information content (AvgIpc) is 4.02. The zero-order valence-corrected chi connectivity index (χ0v) is 37.0. The van der Waals surface area contributed by atoms with Crippen molar-refractivity contribution in [3.8, 4) is 28.3 Å². The Labute approximate surface area is 379 Å². The number of fused-ring (bicyclic) bond motifs is 3. The van der Waals surface area contributed by atoms with Crippen LogP contribution in [0.4, 0.5) is 8.78 Å². The normalized spacial score (nSPS) is 17.8. The third kappa shape index (κ3) is 6.22. The van der Waals surface area contributed by atoms with Gasteiger partial charge in [0.25, 0.3) is 5.91 Å². The highest BCUT2D eigenvalue weighted by Gasteiger charge is 2.52. The van der Waals surface area contributed by atoms with Crippen LogP contribution in [0.5, 0.6) is 0 Å². The number of aromatic amines is 1. The summed E-state index contributed by atoms with van der Waals surface area (Å²) in [4.78, 5) is 51.2. The van der Waals surface area contributed by atoms with E-state index in [0.29, 0.717) is 106 Å². The number of nitrogens with zero attached hydrogens (tertiary/aromatic N) is 10. The number of imidazole rings is 1. The van der Waals surface area contributed by atoms with Crippen LogP contribution in [-0.2, 0) is 16.7 Å². The Balaban J connectivity index is 0.986. The van der Waals surface area contributed by atoms with E-state index in [2.05, 4.69) is 20.2 Å². The number of aromatic nitrogens is 10. The van der Waals surface area contributed by atoms with Crippen molar-refractivity contribution in [2.24, 2.45) is 0 Å². The summed E-state index contributed by atoms with van der Waals surface area (Å²) < 4.78 is 49.9. The van der Waals surface area contributed by atoms with E-state index in [4.69, 9.17) is 14.4 Å². The van der Waals surface area contributed by atoms with Gasteiger partial charge in [-0.25, -0.2) is 23.1 Å². The van der Waals surface area contributed by atoms with Crippen molar-refractivity contribution in [2.75, 3.05) is 19.8 Å². The number of carbonyl (C=O) groups is 1. The fourth-order valence-electron chi connectivity index (χ4n) is 10.4. The van der Waals surface area contributed by atoms with Crippen LogP contribution in [0.15, 0.2) is 99.6 Å². The van der Waals surface area contributed by atoms with Gasteiger partial charge in [0.05, 0.1) is 53.2 Å². The molecule has 1 amide bonds. The van der Waals surface area contributed by atoms with Crippen LogP contribution in [0.3, 0.4) is 0 Å². The number of hydrogen-bond acceptors (Lipinski definition) is 9. The lowest BCUT2D eigenvalue weighted by Gasteiger charge is -2.34. The van der Waals surface area contributed by atoms with Gasteiger partial charge in [-0.1, -0.05) is 11.2 Å². The molecule has 2 atom stereocenters. The van der Waals surface area contributed by atoms with Crippen molar-refractivity contribution in [3.63, 3.8) is 0 Å². The van der Waals surface area contributed by atoms with Gasteiger partial charge in [0, 0.05) is 65.6 Å². The van der Waals surface area contributed by atoms with E-state index in [1.165, 1.54) is 4.57 Å². The topological polar surface area (TPSA) is 169 Å². The Bertz CT molecular complexity index is 3610. The zero-order valence-electron chi connectivity index (χ0n) is 37.0. The minimum absolute atomic E-state index is 0.142. The van der Waals surface area contributed by atoms with Gasteiger partial charge in [-0.05, 0) is 118 Å². The van der Waals surface area contributed by atoms with Crippen molar-refractivity contribution in [2.45, 2.75) is 71.0 Å². The summed E-state index contributed by atoms with van der Waals surface area (Å²) in [5, 5.41) is 15.4. The number of H-pyrrole nitrogens is 1. The molecule has 3 aromatic carbocycles. The third-order valence-electron chi connectivity index (χ3n) is 13.9. The number of halogens is 2. The van der Waals surface area contributed by atoms with Gasteiger partial charge in [-0.15, -0.1) is 0 Å². The lowest BCUT2D eigenvalue weighted by molar-refractivity contribution is 0.0664. The quantitative estimate of drug-likeness (QED) is 0.164. The van der Waals surface area contributed by atoms with Gasteiger partial charge in [0.1, 0.15) is 22.9 Å². The second-order valence-corrected chi connectivity index (χ2v) is 18.0. The molecule has 1 saturated carbocycles. The average molecular weight is 904 g/mol. The summed E-state index contributed by atoms with van der Waals surface area (Å²) in [5.41, 5.74) is 5.33. The molecule has 3 aliphatic rings. The fraction of sp³-hybridized carbons (Fsp3) is 0.286. The Morgan fingerprint density at radius 3 is 2.43 bits per heavy atom. The molecule has 0 spiro atoms. The molecule has 1 aliphatic carbocycles. The maximum atomic E-state index is 15.4. The van der Waals surface area contributed by atoms with Crippen molar-refractivity contribution in [1.82, 2.24) is 53.3 Å². The largest absolute Gasteiger partial charge is 0.438 e. The summed E-state index contributed by atoms with van der Waals surface area (Å²) in [6.45, 7) is 8.47. The molecule has 8 heterocycles. The van der Waals surface area contributed by atoms with Gasteiger partial charge in [-0.3, -0.25) is 33.1 Å². The van der Waals surface area contributed by atoms with E-state index in [0.717, 1.165) is 17.3 Å². The van der Waals surface area contributed by atoms with Gasteiger partial charge in [-0.2, -0.15) is 10.2 Å². The Morgan fingerprint density at radius 1 is 0.896 bits per heavy atom. The molecule has 9 aromatic rings. The molecular weight excluding hydrogens is 861 g/mol. The lowest BCUT2D eigenvalue weighted by atomic mass is 9.98. The molecule has 0 unspecified atom stereocenters. The van der Waals surface area contributed by atoms with E-state index in [9.17, 15) is 9.59 Å². The van der Waals surface area contributed by atoms with Crippen molar-refractivity contribution < 1.29 is 22.8 Å². The molecule has 6 aromatic heterocycles. The van der Waals surface area contributed by atoms with Gasteiger partial charge >= 0.3 is 11.4 Å². The van der Waals surface area contributed by atoms with Crippen molar-refractivity contribution in [1.29, 1.82) is 0 Å². The zero-order chi connectivity index (χ0) is 46.0. The highest BCUT2D eigenvalue weighted by atomic mass is 19.1. The molecule has 0 bridgehead atoms. The van der Waals surface area contributed by atoms with Gasteiger partial charge in [0.2, 0.25) is 0 Å². The molecule has 338 valence electrons. The summed E-state index contributed by atoms with van der Waals surface area (Å²) in [7, 11) is 0. The number of carbonyl (C=O) groups excluding carboxylic acids is 1. The minimum Gasteiger partial charge on any atom is -0.379 e. The van der Waals surface area contributed by atoms with Crippen LogP contribution in [0.25, 0.3) is 50.1 Å². The van der Waals surface area contributed by atoms with Gasteiger partial charge < -0.3 is 14.2 Å². The second kappa shape index (κ2) is 14.9. The molecule has 2 aliphatic heterocycles. The van der Waals surface area contributed by atoms with E-state index in [-0.39, 0.29) is 35.7 Å². The number of pyridine rings is 1. The molecular formula is C49H43F2N11O5. The van der Waals surface area contributed by atoms with Crippen LogP contribution in [0, 0.1) is 32.4 Å². The number of rotatable bonds is 8. The number of nitrogens with one attached hydrogen (secondary N) is 1. The lowest BCUT2D eigenvalue weighted by Crippen LogP contribution is -2.41. The Morgan fingerprint density at radius 2 is 1.69 bits per heavy atom. The van der Waals surface area contributed by atoms with E-state index in [1.807, 2.05) is 52.6 Å². The van der Waals surface area contributed by atoms with Crippen LogP contribution >= 0.6 is 0 Å². The molecule has 18 heteroatoms. The third-order valence-corrected chi connectivity index (χ3v) is 13.9. The van der Waals surface area contributed by atoms with Crippen molar-refractivity contribution in [3.05, 3.63) is 158 Å². The number of amides is 1. The summed E-state index contributed by atoms with van der Waals surface area (Å²) in [6, 6.07) is 17.6. The Kier molecular flexibility index (Phi) is 9.06. The number of aryl methyl sites for hydroxylation is 3. The first kappa shape index (κ1) is 40.8. The summed E-state index contributed by atoms with van der Waals surface area (Å²) >= 11 is 0. The van der Waals surface area contributed by atoms with Crippen LogP contribution in [-0.4, -0.2) is 79.0 Å². The molecule has 0 radical (unpaired) electrons. The predicted octanol–water partition coefficient (Wildman–Crippen LogP) is 7.32. The predicted molar refractivity (Wildman–Crippen MR) is 242 cm³/mol. The maximum absolute atomic E-state index is 15.4. The number of ether oxygens (including phenoxy) is 1. The highest BCUT2D eigenvalue weighted by Crippen LogP contribution is 2.51. The van der Waals surface area contributed by atoms with Crippen molar-refractivity contribution >= 4 is 27.7 Å². The van der Waals surface area contributed by atoms with E-state index < -0.39 is 23.2 Å². The number of benzene rings is 3. The minimum atomic E-state index is -0.889. The number of hydrogen-bond donors (Lipinski definition) is 1. The highest BCUT2D eigenvalue weighted by molar-refractivity contribution is 6.00. The molecule has 12 rings (SSSR count). The molecule has 67 heavy (non-hydrogen) atoms. The second-order valence-electron chi connectivity index (χ2n) is 18.0. The first-order chi connectivity index (χ1) is 32.4. The standard InChI is InChI=1S/C49H43F2N11O5/c1-26-19-35(20-27(2)42(26)50)62-44(59-17-16-58(48(59)65)33-6-8-39-32(22-33)24-53-61(39)34-11-18-66-25-34)41-29(4)57(15-10-37(41)55-62)45(63)40-23-31-21-30(36-9-14-52-28(3)43(36)51)5-7-38(31)60(40)49(12-13-49)46-54-47(64)67-56-46/h5-9,14,16-17,19-24,29,34H,10-13,15,18,25H2,1-4H3,(H,54,56,64)/t29-,34+/m0/s1. The van der Waals surface area contributed by atoms with Crippen LogP contribution in [0.2, 0.25) is 0 Å². The maximum Gasteiger partial charge on any atom is 0.438 e. The molecule has 2 fully saturated rings. The molecule has 16 nitrogen and oxygen atoms in total. The van der Waals surface area contributed by atoms with Crippen LogP contribution in [0.1, 0.15) is 82.7 Å². The summed E-state index contributed by atoms with van der Waals surface area (Å²) in [6.07, 6.45) is 9.11. The smallest absolute Gasteiger partial charge is 0.379 e. The first-order valence-electron chi connectivity index (χ1n) is 22.3. The monoisotopic (exact) mass is 903 g/mol. The first-order valence-corrected chi connectivity index (χ1v) is 22.3. The van der Waals surface area contributed by atoms with Gasteiger partial charge in [0.15, 0.2) is 11.6 Å². The van der Waals surface area contributed by atoms with Crippen LogP contribution < -0.4 is 11.4 Å². The van der Waals surface area contributed by atoms with E-state index in [1.54, 1.807) is 84.0 Å².